The van der Waals surface area contributed by atoms with E-state index in [1.165, 1.54) is 0 Å². The number of likely N-dealkylation sites (N-methyl/N-ethyl adjacent to an activating group) is 1. The molecule has 0 bridgehead atoms. The van der Waals surface area contributed by atoms with Crippen molar-refractivity contribution in [2.45, 2.75) is 32.2 Å². The molecule has 156 valence electrons. The SMILES string of the molecule is CNC(=O)[C@@H](C)N(CCc1ccccc1)C(=O)CCCOc1ccc(OC)cc1. The molecule has 0 aliphatic heterocycles. The van der Waals surface area contributed by atoms with Gasteiger partial charge in [0.2, 0.25) is 11.8 Å². The van der Waals surface area contributed by atoms with Crippen LogP contribution in [0.25, 0.3) is 0 Å². The van der Waals surface area contributed by atoms with E-state index < -0.39 is 6.04 Å². The highest BCUT2D eigenvalue weighted by Crippen LogP contribution is 2.17. The highest BCUT2D eigenvalue weighted by atomic mass is 16.5. The molecule has 6 nitrogen and oxygen atoms in total. The Hall–Kier alpha value is -3.02. The van der Waals surface area contributed by atoms with Crippen molar-refractivity contribution < 1.29 is 19.1 Å². The van der Waals surface area contributed by atoms with Crippen molar-refractivity contribution in [3.05, 3.63) is 60.2 Å². The number of rotatable bonds is 11. The van der Waals surface area contributed by atoms with Gasteiger partial charge in [0.25, 0.3) is 0 Å². The van der Waals surface area contributed by atoms with Crippen molar-refractivity contribution in [3.63, 3.8) is 0 Å². The summed E-state index contributed by atoms with van der Waals surface area (Å²) in [6, 6.07) is 16.8. The lowest BCUT2D eigenvalue weighted by Gasteiger charge is -2.28. The van der Waals surface area contributed by atoms with Crippen LogP contribution in [0.1, 0.15) is 25.3 Å². The Bertz CT molecular complexity index is 762. The maximum absolute atomic E-state index is 12.8. The van der Waals surface area contributed by atoms with Crippen LogP contribution in [0.4, 0.5) is 0 Å². The second-order valence-electron chi connectivity index (χ2n) is 6.74. The number of nitrogens with zero attached hydrogens (tertiary/aromatic N) is 1. The molecule has 0 radical (unpaired) electrons. The Kier molecular flexibility index (Phi) is 9.02. The summed E-state index contributed by atoms with van der Waals surface area (Å²) in [5.74, 6) is 1.29. The molecule has 2 aromatic carbocycles. The van der Waals surface area contributed by atoms with Gasteiger partial charge in [-0.1, -0.05) is 30.3 Å². The van der Waals surface area contributed by atoms with Gasteiger partial charge < -0.3 is 19.7 Å². The summed E-state index contributed by atoms with van der Waals surface area (Å²) in [7, 11) is 3.20. The smallest absolute Gasteiger partial charge is 0.242 e. The topological polar surface area (TPSA) is 67.9 Å². The van der Waals surface area contributed by atoms with Crippen LogP contribution in [-0.4, -0.2) is 50.1 Å². The first kappa shape index (κ1) is 22.3. The zero-order valence-electron chi connectivity index (χ0n) is 17.4. The van der Waals surface area contributed by atoms with Gasteiger partial charge in [-0.25, -0.2) is 0 Å². The molecule has 0 aliphatic carbocycles. The number of hydrogen-bond acceptors (Lipinski definition) is 4. The first-order valence-corrected chi connectivity index (χ1v) is 9.87. The molecular weight excluding hydrogens is 368 g/mol. The van der Waals surface area contributed by atoms with E-state index in [2.05, 4.69) is 5.32 Å². The minimum absolute atomic E-state index is 0.0460. The van der Waals surface area contributed by atoms with Crippen LogP contribution in [0.15, 0.2) is 54.6 Å². The van der Waals surface area contributed by atoms with Crippen LogP contribution in [0.3, 0.4) is 0 Å². The number of amides is 2. The van der Waals surface area contributed by atoms with Gasteiger partial charge in [0.05, 0.1) is 13.7 Å². The summed E-state index contributed by atoms with van der Waals surface area (Å²) in [6.45, 7) is 2.69. The molecule has 0 aromatic heterocycles. The Balaban J connectivity index is 1.87. The lowest BCUT2D eigenvalue weighted by Crippen LogP contribution is -2.48. The first-order chi connectivity index (χ1) is 14.0. The van der Waals surface area contributed by atoms with E-state index >= 15 is 0 Å². The number of benzene rings is 2. The number of carbonyl (C=O) groups excluding carboxylic acids is 2. The summed E-state index contributed by atoms with van der Waals surface area (Å²) in [5.41, 5.74) is 1.14. The summed E-state index contributed by atoms with van der Waals surface area (Å²) >= 11 is 0. The number of methoxy groups -OCH3 is 1. The number of ether oxygens (including phenoxy) is 2. The van der Waals surface area contributed by atoms with Gasteiger partial charge in [-0.3, -0.25) is 9.59 Å². The summed E-state index contributed by atoms with van der Waals surface area (Å²) in [4.78, 5) is 26.5. The fourth-order valence-electron chi connectivity index (χ4n) is 3.01. The van der Waals surface area contributed by atoms with Crippen molar-refractivity contribution >= 4 is 11.8 Å². The van der Waals surface area contributed by atoms with Gasteiger partial charge in [-0.05, 0) is 49.6 Å². The average Bonchev–Trinajstić information content (AvgIpc) is 2.77. The molecule has 2 aromatic rings. The lowest BCUT2D eigenvalue weighted by atomic mass is 10.1. The molecule has 2 amide bonds. The maximum Gasteiger partial charge on any atom is 0.242 e. The van der Waals surface area contributed by atoms with E-state index in [4.69, 9.17) is 9.47 Å². The Morgan fingerprint density at radius 1 is 1.03 bits per heavy atom. The van der Waals surface area contributed by atoms with Gasteiger partial charge in [-0.15, -0.1) is 0 Å². The molecule has 1 N–H and O–H groups in total. The molecule has 0 spiro atoms. The van der Waals surface area contributed by atoms with Crippen molar-refractivity contribution in [3.8, 4) is 11.5 Å². The van der Waals surface area contributed by atoms with E-state index in [1.807, 2.05) is 54.6 Å². The van der Waals surface area contributed by atoms with Crippen molar-refractivity contribution in [2.24, 2.45) is 0 Å². The van der Waals surface area contributed by atoms with Crippen LogP contribution < -0.4 is 14.8 Å². The number of carbonyl (C=O) groups is 2. The zero-order chi connectivity index (χ0) is 21.1. The molecule has 29 heavy (non-hydrogen) atoms. The third-order valence-corrected chi connectivity index (χ3v) is 4.76. The predicted molar refractivity (Wildman–Crippen MR) is 113 cm³/mol. The molecule has 0 fully saturated rings. The minimum atomic E-state index is -0.515. The number of nitrogens with one attached hydrogen (secondary N) is 1. The maximum atomic E-state index is 12.8. The second kappa shape index (κ2) is 11.7. The standard InChI is InChI=1S/C23H30N2O4/c1-18(23(27)24-2)25(16-15-19-8-5-4-6-9-19)22(26)10-7-17-29-21-13-11-20(28-3)12-14-21/h4-6,8-9,11-14,18H,7,10,15-17H2,1-3H3,(H,24,27)/t18-/m1/s1. The molecule has 0 aliphatic rings. The van der Waals surface area contributed by atoms with Crippen LogP contribution in [0.5, 0.6) is 11.5 Å². The van der Waals surface area contributed by atoms with E-state index in [9.17, 15) is 9.59 Å². The summed E-state index contributed by atoms with van der Waals surface area (Å²) < 4.78 is 10.8. The van der Waals surface area contributed by atoms with Gasteiger partial charge in [0.1, 0.15) is 17.5 Å². The van der Waals surface area contributed by atoms with Gasteiger partial charge in [0.15, 0.2) is 0 Å². The van der Waals surface area contributed by atoms with E-state index in [-0.39, 0.29) is 11.8 Å². The van der Waals surface area contributed by atoms with Crippen LogP contribution in [0, 0.1) is 0 Å². The van der Waals surface area contributed by atoms with Crippen molar-refractivity contribution in [2.75, 3.05) is 27.3 Å². The summed E-state index contributed by atoms with van der Waals surface area (Å²) in [5, 5.41) is 2.63. The van der Waals surface area contributed by atoms with Crippen molar-refractivity contribution in [1.82, 2.24) is 10.2 Å². The van der Waals surface area contributed by atoms with Crippen LogP contribution in [-0.2, 0) is 16.0 Å². The van der Waals surface area contributed by atoms with E-state index in [1.54, 1.807) is 26.0 Å². The Morgan fingerprint density at radius 3 is 2.31 bits per heavy atom. The third kappa shape index (κ3) is 7.14. The average molecular weight is 399 g/mol. The quantitative estimate of drug-likeness (QED) is 0.591. The van der Waals surface area contributed by atoms with Crippen LogP contribution >= 0.6 is 0 Å². The van der Waals surface area contributed by atoms with Gasteiger partial charge in [0, 0.05) is 20.0 Å². The molecular formula is C23H30N2O4. The highest BCUT2D eigenvalue weighted by molar-refractivity contribution is 5.87. The fourth-order valence-corrected chi connectivity index (χ4v) is 3.01. The normalized spacial score (nSPS) is 11.4. The fraction of sp³-hybridized carbons (Fsp3) is 0.391. The molecule has 0 saturated heterocycles. The largest absolute Gasteiger partial charge is 0.497 e. The molecule has 2 rings (SSSR count). The second-order valence-corrected chi connectivity index (χ2v) is 6.74. The molecule has 1 atom stereocenters. The van der Waals surface area contributed by atoms with Crippen LogP contribution in [0.2, 0.25) is 0 Å². The first-order valence-electron chi connectivity index (χ1n) is 9.87. The molecule has 0 saturated carbocycles. The van der Waals surface area contributed by atoms with E-state index in [0.29, 0.717) is 32.4 Å². The molecule has 6 heteroatoms. The van der Waals surface area contributed by atoms with E-state index in [0.717, 1.165) is 17.1 Å². The van der Waals surface area contributed by atoms with Gasteiger partial charge in [-0.2, -0.15) is 0 Å². The Morgan fingerprint density at radius 2 is 1.69 bits per heavy atom. The predicted octanol–water partition coefficient (Wildman–Crippen LogP) is 3.06. The third-order valence-electron chi connectivity index (χ3n) is 4.76. The lowest BCUT2D eigenvalue weighted by molar-refractivity contribution is -0.139. The van der Waals surface area contributed by atoms with Crippen molar-refractivity contribution in [1.29, 1.82) is 0 Å². The molecule has 0 unspecified atom stereocenters. The molecule has 0 heterocycles. The monoisotopic (exact) mass is 398 g/mol. The Labute approximate surface area is 172 Å². The van der Waals surface area contributed by atoms with Gasteiger partial charge >= 0.3 is 0 Å². The highest BCUT2D eigenvalue weighted by Gasteiger charge is 2.24. The number of hydrogen-bond donors (Lipinski definition) is 1. The zero-order valence-corrected chi connectivity index (χ0v) is 17.4. The summed E-state index contributed by atoms with van der Waals surface area (Å²) in [6.07, 6.45) is 1.61. The minimum Gasteiger partial charge on any atom is -0.497 e.